The van der Waals surface area contributed by atoms with Gasteiger partial charge in [-0.1, -0.05) is 136 Å². The van der Waals surface area contributed by atoms with Gasteiger partial charge in [-0.3, -0.25) is 57.5 Å². The molecule has 5 N–H and O–H groups in total. The van der Waals surface area contributed by atoms with E-state index < -0.39 is 150 Å². The van der Waals surface area contributed by atoms with Crippen LogP contribution in [0.15, 0.2) is 60.7 Å². The SMILES string of the molecule is CC[C@H](C)[C@H]1C(=O)N(C)[C@@H](Cc2ccccc2)C(=O)N[C@@H](CC(C)C)C(=O)N[C@H](C(=O)N2CCCCC2)CC(=O)N(C)CCC(=O)N(C)[C@@H](CC(C)C)C(=O)N[C@@H]([C@@H](C)O)C(=O)N(C)[C@@H](Cc2ccccc2)C(=O)N(C)[C@@H](CC(C)C)C(=O)N[C@@H](C)C(=O)N(C)[C@@H](CC(C)C)C(=O)N1C. The summed E-state index contributed by atoms with van der Waals surface area (Å²) in [5, 5.41) is 22.6. The van der Waals surface area contributed by atoms with Crippen molar-refractivity contribution in [2.24, 2.45) is 29.6 Å². The van der Waals surface area contributed by atoms with E-state index in [1.54, 1.807) is 59.5 Å². The number of rotatable bonds is 16. The third-order valence-corrected chi connectivity index (χ3v) is 19.3. The van der Waals surface area contributed by atoms with Crippen LogP contribution in [0.5, 0.6) is 0 Å². The summed E-state index contributed by atoms with van der Waals surface area (Å²) in [4.78, 5) is 189. The minimum Gasteiger partial charge on any atom is -0.391 e. The maximum Gasteiger partial charge on any atom is 0.248 e. The van der Waals surface area contributed by atoms with Crippen LogP contribution in [0.1, 0.15) is 158 Å². The molecule has 12 amide bonds. The summed E-state index contributed by atoms with van der Waals surface area (Å²) in [6.45, 7) is 21.9. The second kappa shape index (κ2) is 39.1. The molecular weight excluding hydrogens is 1260 g/mol. The number of carbonyl (C=O) groups is 12. The molecule has 2 saturated heterocycles. The number of hydrogen-bond donors (Lipinski definition) is 5. The van der Waals surface area contributed by atoms with Crippen molar-refractivity contribution in [1.82, 2.24) is 60.5 Å². The van der Waals surface area contributed by atoms with Crippen LogP contribution < -0.4 is 21.3 Å². The molecule has 12 atom stereocenters. The van der Waals surface area contributed by atoms with Crippen molar-refractivity contribution in [3.05, 3.63) is 71.8 Å². The van der Waals surface area contributed by atoms with Gasteiger partial charge in [0.1, 0.15) is 60.4 Å². The van der Waals surface area contributed by atoms with E-state index in [4.69, 9.17) is 0 Å². The fraction of sp³-hybridized carbons (Fsp3) is 0.676. The maximum absolute atomic E-state index is 15.5. The number of carbonyl (C=O) groups excluding carboxylic acids is 12. The average molecular weight is 1380 g/mol. The third kappa shape index (κ3) is 23.9. The Balaban J connectivity index is 1.94. The molecule has 0 spiro atoms. The minimum atomic E-state index is -1.66. The van der Waals surface area contributed by atoms with E-state index >= 15 is 19.2 Å². The lowest BCUT2D eigenvalue weighted by molar-refractivity contribution is -0.154. The Labute approximate surface area is 588 Å². The molecule has 99 heavy (non-hydrogen) atoms. The second-order valence-corrected chi connectivity index (χ2v) is 29.3. The number of nitrogens with zero attached hydrogens (tertiary/aromatic N) is 8. The van der Waals surface area contributed by atoms with Crippen LogP contribution in [0, 0.1) is 29.6 Å². The highest BCUT2D eigenvalue weighted by Gasteiger charge is 2.45. The van der Waals surface area contributed by atoms with Crippen LogP contribution in [0.3, 0.4) is 0 Å². The number of benzene rings is 2. The highest BCUT2D eigenvalue weighted by molar-refractivity contribution is 6.00. The van der Waals surface area contributed by atoms with E-state index in [9.17, 15) is 43.5 Å². The molecule has 2 aliphatic heterocycles. The number of nitrogens with one attached hydrogen (secondary N) is 4. The second-order valence-electron chi connectivity index (χ2n) is 29.3. The van der Waals surface area contributed by atoms with Crippen LogP contribution in [-0.2, 0) is 70.4 Å². The fourth-order valence-corrected chi connectivity index (χ4v) is 12.9. The van der Waals surface area contributed by atoms with Gasteiger partial charge in [0.05, 0.1) is 12.5 Å². The predicted molar refractivity (Wildman–Crippen MR) is 379 cm³/mol. The molecule has 0 unspecified atom stereocenters. The number of amides is 12. The van der Waals surface area contributed by atoms with Gasteiger partial charge in [-0.05, 0) is 99.5 Å². The van der Waals surface area contributed by atoms with Crippen LogP contribution in [0.2, 0.25) is 0 Å². The average Bonchev–Trinajstić information content (AvgIpc) is 0.811. The van der Waals surface area contributed by atoms with Gasteiger partial charge in [0.25, 0.3) is 0 Å². The molecule has 0 saturated carbocycles. The molecule has 0 aromatic heterocycles. The first-order valence-electron chi connectivity index (χ1n) is 35.5. The van der Waals surface area contributed by atoms with E-state index in [-0.39, 0.29) is 75.2 Å². The summed E-state index contributed by atoms with van der Waals surface area (Å²) >= 11 is 0. The van der Waals surface area contributed by atoms with Crippen molar-refractivity contribution in [2.75, 3.05) is 69.0 Å². The van der Waals surface area contributed by atoms with Gasteiger partial charge < -0.3 is 65.6 Å². The molecule has 2 aliphatic rings. The van der Waals surface area contributed by atoms with Gasteiger partial charge in [-0.15, -0.1) is 0 Å². The Hall–Kier alpha value is -7.96. The molecule has 2 heterocycles. The Kier molecular flexibility index (Phi) is 33.0. The molecule has 0 aliphatic carbocycles. The van der Waals surface area contributed by atoms with Gasteiger partial charge in [0, 0.05) is 88.2 Å². The largest absolute Gasteiger partial charge is 0.391 e. The zero-order valence-corrected chi connectivity index (χ0v) is 62.5. The number of aliphatic hydroxyl groups is 1. The zero-order chi connectivity index (χ0) is 74.4. The number of aliphatic hydroxyl groups excluding tert-OH is 1. The van der Waals surface area contributed by atoms with Crippen molar-refractivity contribution in [1.29, 1.82) is 0 Å². The Bertz CT molecular complexity index is 3050. The van der Waals surface area contributed by atoms with Gasteiger partial charge >= 0.3 is 0 Å². The van der Waals surface area contributed by atoms with E-state index in [0.29, 0.717) is 43.5 Å². The van der Waals surface area contributed by atoms with Crippen molar-refractivity contribution >= 4 is 70.9 Å². The number of likely N-dealkylation sites (tertiary alicyclic amines) is 1. The van der Waals surface area contributed by atoms with Crippen LogP contribution in [-0.4, -0.2) is 251 Å². The standard InChI is InChI=1S/C74H118N12O13/c1-20-49(10)64-74(99)82(16)58(42-52-30-24-21-25-31-52)67(92)76-54(38-45(2)3)65(90)77-55(70(95)86-35-28-23-29-36-86)44-62(89)79(13)37-34-61(88)80(14)56(39-46(4)5)68(93)78-63(51(12)87)73(98)84(18)60(43-53-32-26-22-27-33-53)71(96)81(15)57(40-47(6)7)66(91)75-50(11)69(94)83(17)59(41-48(8)9)72(97)85(64)19/h21-22,24-27,30-33,45-51,54-60,63-64,87H,20,23,28-29,34-44H2,1-19H3,(H,75,91)(H,76,92)(H,77,90)(H,78,93)/t49-,50-,51+,54-,55-,56-,57-,58-,59-,60-,63-,64-/m0/s1. The number of piperidine rings is 1. The molecule has 2 fully saturated rings. The Morgan fingerprint density at radius 1 is 0.465 bits per heavy atom. The van der Waals surface area contributed by atoms with Crippen LogP contribution in [0.25, 0.3) is 0 Å². The Morgan fingerprint density at radius 2 is 0.909 bits per heavy atom. The van der Waals surface area contributed by atoms with Crippen molar-refractivity contribution in [3.63, 3.8) is 0 Å². The van der Waals surface area contributed by atoms with E-state index in [1.165, 1.54) is 92.6 Å². The molecule has 2 aromatic carbocycles. The van der Waals surface area contributed by atoms with Crippen LogP contribution >= 0.6 is 0 Å². The fourth-order valence-electron chi connectivity index (χ4n) is 12.9. The van der Waals surface area contributed by atoms with Crippen molar-refractivity contribution < 1.29 is 62.6 Å². The summed E-state index contributed by atoms with van der Waals surface area (Å²) in [6, 6.07) is 4.76. The molecule has 4 rings (SSSR count). The van der Waals surface area contributed by atoms with Gasteiger partial charge in [-0.25, -0.2) is 0 Å². The van der Waals surface area contributed by atoms with E-state index in [1.807, 2.05) is 75.3 Å². The summed E-state index contributed by atoms with van der Waals surface area (Å²) < 4.78 is 0. The number of hydrogen-bond acceptors (Lipinski definition) is 13. The van der Waals surface area contributed by atoms with Gasteiger partial charge in [0.15, 0.2) is 0 Å². The molecular formula is C74H118N12O13. The normalized spacial score (nSPS) is 25.6. The van der Waals surface area contributed by atoms with Crippen LogP contribution in [0.4, 0.5) is 0 Å². The van der Waals surface area contributed by atoms with E-state index in [2.05, 4.69) is 21.3 Å². The molecule has 25 nitrogen and oxygen atoms in total. The molecule has 552 valence electrons. The monoisotopic (exact) mass is 1380 g/mol. The quantitative estimate of drug-likeness (QED) is 0.157. The van der Waals surface area contributed by atoms with Gasteiger partial charge in [-0.2, -0.15) is 0 Å². The maximum atomic E-state index is 15.5. The summed E-state index contributed by atoms with van der Waals surface area (Å²) in [6.07, 6.45) is 0.633. The first-order chi connectivity index (χ1) is 46.4. The number of likely N-dealkylation sites (N-methyl/N-ethyl adjacent to an activating group) is 6. The predicted octanol–water partition coefficient (Wildman–Crippen LogP) is 4.27. The summed E-state index contributed by atoms with van der Waals surface area (Å²) in [5.41, 5.74) is 1.31. The minimum absolute atomic E-state index is 0.0240. The van der Waals surface area contributed by atoms with Crippen molar-refractivity contribution in [3.8, 4) is 0 Å². The third-order valence-electron chi connectivity index (χ3n) is 19.3. The zero-order valence-electron chi connectivity index (χ0n) is 62.5. The smallest absolute Gasteiger partial charge is 0.248 e. The Morgan fingerprint density at radius 3 is 1.41 bits per heavy atom. The lowest BCUT2D eigenvalue weighted by Crippen LogP contribution is -2.62. The lowest BCUT2D eigenvalue weighted by Gasteiger charge is -2.40. The molecule has 25 heteroatoms. The highest BCUT2D eigenvalue weighted by atomic mass is 16.3. The molecule has 0 bridgehead atoms. The molecule has 0 radical (unpaired) electrons. The van der Waals surface area contributed by atoms with Gasteiger partial charge in [0.2, 0.25) is 70.9 Å². The molecule has 2 aromatic rings. The van der Waals surface area contributed by atoms with Crippen molar-refractivity contribution in [2.45, 2.75) is 227 Å². The lowest BCUT2D eigenvalue weighted by atomic mass is 9.93. The highest BCUT2D eigenvalue weighted by Crippen LogP contribution is 2.26. The summed E-state index contributed by atoms with van der Waals surface area (Å²) in [5.74, 6) is -9.30. The topological polar surface area (TPSA) is 299 Å². The first-order valence-corrected chi connectivity index (χ1v) is 35.5. The summed E-state index contributed by atoms with van der Waals surface area (Å²) in [7, 11) is 10.1. The first kappa shape index (κ1) is 83.5. The van der Waals surface area contributed by atoms with E-state index in [0.717, 1.165) is 11.3 Å².